The summed E-state index contributed by atoms with van der Waals surface area (Å²) in [6.07, 6.45) is 3.92. The second kappa shape index (κ2) is 8.59. The molecule has 2 aliphatic rings. The lowest BCUT2D eigenvalue weighted by Crippen LogP contribution is -2.47. The Morgan fingerprint density at radius 3 is 2.43 bits per heavy atom. The van der Waals surface area contributed by atoms with E-state index in [2.05, 4.69) is 32.2 Å². The van der Waals surface area contributed by atoms with E-state index in [1.807, 2.05) is 12.1 Å². The zero-order valence-corrected chi connectivity index (χ0v) is 15.1. The van der Waals surface area contributed by atoms with Gasteiger partial charge in [-0.2, -0.15) is 0 Å². The van der Waals surface area contributed by atoms with Gasteiger partial charge in [0.25, 0.3) is 0 Å². The van der Waals surface area contributed by atoms with Gasteiger partial charge >= 0.3 is 0 Å². The molecule has 1 aliphatic carbocycles. The summed E-state index contributed by atoms with van der Waals surface area (Å²) in [7, 11) is 0. The first-order valence-corrected chi connectivity index (χ1v) is 7.98. The maximum absolute atomic E-state index is 10.2. The van der Waals surface area contributed by atoms with E-state index in [9.17, 15) is 5.11 Å². The molecule has 0 bridgehead atoms. The molecule has 1 saturated carbocycles. The predicted octanol–water partition coefficient (Wildman–Crippen LogP) is 3.74. The minimum atomic E-state index is 0. The number of nitrogens with zero attached hydrogens (tertiary/aromatic N) is 1. The summed E-state index contributed by atoms with van der Waals surface area (Å²) in [5.41, 5.74) is 1.10. The van der Waals surface area contributed by atoms with Gasteiger partial charge < -0.3 is 10.4 Å². The number of phenols is 1. The maximum Gasteiger partial charge on any atom is 0.120 e. The molecule has 21 heavy (non-hydrogen) atoms. The molecule has 0 radical (unpaired) electrons. The van der Waals surface area contributed by atoms with Gasteiger partial charge in [-0.15, -0.1) is 24.8 Å². The molecule has 0 amide bonds. The van der Waals surface area contributed by atoms with Crippen molar-refractivity contribution in [3.05, 3.63) is 28.2 Å². The van der Waals surface area contributed by atoms with Gasteiger partial charge in [0, 0.05) is 42.3 Å². The molecule has 0 unspecified atom stereocenters. The van der Waals surface area contributed by atoms with Crippen LogP contribution in [0.5, 0.6) is 5.75 Å². The Balaban J connectivity index is 0.00000110. The molecule has 120 valence electrons. The van der Waals surface area contributed by atoms with Crippen LogP contribution >= 0.6 is 40.7 Å². The number of nitrogens with one attached hydrogen (secondary N) is 1. The number of hydrogen-bond acceptors (Lipinski definition) is 3. The third-order valence-corrected chi connectivity index (χ3v) is 4.94. The smallest absolute Gasteiger partial charge is 0.120 e. The van der Waals surface area contributed by atoms with Gasteiger partial charge in [0.1, 0.15) is 5.75 Å². The van der Waals surface area contributed by atoms with Crippen molar-refractivity contribution < 1.29 is 5.11 Å². The van der Waals surface area contributed by atoms with Gasteiger partial charge in [0.15, 0.2) is 0 Å². The topological polar surface area (TPSA) is 35.5 Å². The van der Waals surface area contributed by atoms with Gasteiger partial charge in [-0.05, 0) is 37.0 Å². The monoisotopic (exact) mass is 396 g/mol. The van der Waals surface area contributed by atoms with Crippen molar-refractivity contribution >= 4 is 40.7 Å². The van der Waals surface area contributed by atoms with Crippen LogP contribution in [-0.4, -0.2) is 36.2 Å². The van der Waals surface area contributed by atoms with Gasteiger partial charge in [0.2, 0.25) is 0 Å². The average molecular weight is 398 g/mol. The molecule has 1 heterocycles. The second-order valence-electron chi connectivity index (χ2n) is 5.62. The second-order valence-corrected chi connectivity index (χ2v) is 6.54. The normalized spacial score (nSPS) is 20.8. The lowest BCUT2D eigenvalue weighted by Gasteiger charge is -2.43. The number of benzene rings is 1. The zero-order valence-electron chi connectivity index (χ0n) is 11.9. The fourth-order valence-corrected chi connectivity index (χ4v) is 3.61. The van der Waals surface area contributed by atoms with Crippen LogP contribution in [0.4, 0.5) is 0 Å². The largest absolute Gasteiger partial charge is 0.508 e. The molecule has 3 nitrogen and oxygen atoms in total. The Labute approximate surface area is 147 Å². The van der Waals surface area contributed by atoms with Crippen molar-refractivity contribution in [1.29, 1.82) is 0 Å². The van der Waals surface area contributed by atoms with Gasteiger partial charge in [-0.25, -0.2) is 0 Å². The van der Waals surface area contributed by atoms with Crippen molar-refractivity contribution in [2.75, 3.05) is 26.2 Å². The summed E-state index contributed by atoms with van der Waals surface area (Å²) in [5.74, 6) is 1.15. The van der Waals surface area contributed by atoms with Crippen LogP contribution in [0.2, 0.25) is 0 Å². The third kappa shape index (κ3) is 4.26. The van der Waals surface area contributed by atoms with E-state index < -0.39 is 0 Å². The molecule has 1 aromatic rings. The van der Waals surface area contributed by atoms with Gasteiger partial charge in [0.05, 0.1) is 0 Å². The molecule has 1 aliphatic heterocycles. The lowest BCUT2D eigenvalue weighted by atomic mass is 9.76. The van der Waals surface area contributed by atoms with E-state index in [1.165, 1.54) is 19.3 Å². The lowest BCUT2D eigenvalue weighted by molar-refractivity contribution is 0.0819. The average Bonchev–Trinajstić information content (AvgIpc) is 2.38. The molecular weight excluding hydrogens is 375 g/mol. The molecule has 1 saturated heterocycles. The molecular formula is C15H23BrCl2N2O. The molecule has 6 heteroatoms. The van der Waals surface area contributed by atoms with Gasteiger partial charge in [-0.1, -0.05) is 22.4 Å². The Kier molecular flexibility index (Phi) is 7.79. The third-order valence-electron chi connectivity index (χ3n) is 4.45. The van der Waals surface area contributed by atoms with E-state index in [0.29, 0.717) is 17.7 Å². The van der Waals surface area contributed by atoms with Crippen LogP contribution in [0.15, 0.2) is 22.7 Å². The van der Waals surface area contributed by atoms with E-state index >= 15 is 0 Å². The predicted molar refractivity (Wildman–Crippen MR) is 94.8 cm³/mol. The first-order valence-electron chi connectivity index (χ1n) is 7.19. The minimum absolute atomic E-state index is 0. The number of hydrogen-bond donors (Lipinski definition) is 2. The molecule has 1 aromatic carbocycles. The number of rotatable bonds is 3. The van der Waals surface area contributed by atoms with E-state index in [-0.39, 0.29) is 24.8 Å². The first-order chi connectivity index (χ1) is 9.25. The van der Waals surface area contributed by atoms with Crippen molar-refractivity contribution in [2.24, 2.45) is 5.92 Å². The summed E-state index contributed by atoms with van der Waals surface area (Å²) in [4.78, 5) is 2.54. The van der Waals surface area contributed by atoms with Crippen molar-refractivity contribution in [1.82, 2.24) is 10.2 Å². The first kappa shape index (κ1) is 19.0. The van der Waals surface area contributed by atoms with Crippen LogP contribution < -0.4 is 5.32 Å². The molecule has 1 atom stereocenters. The highest BCUT2D eigenvalue weighted by Crippen LogP contribution is 2.44. The number of aromatic hydroxyl groups is 1. The molecule has 0 spiro atoms. The number of piperazine rings is 1. The Hall–Kier alpha value is -0.0000000000000000971. The maximum atomic E-state index is 10.2. The standard InChI is InChI=1S/C15H21BrN2O.2ClH/c16-12-4-5-14(19)13(10-12)15(11-2-1-3-11)18-8-6-17-7-9-18;;/h4-5,10-11,15,17,19H,1-3,6-9H2;2*1H/t15-;;/m1../s1. The van der Waals surface area contributed by atoms with Gasteiger partial charge in [-0.3, -0.25) is 4.90 Å². The highest BCUT2D eigenvalue weighted by atomic mass is 79.9. The van der Waals surface area contributed by atoms with Crippen LogP contribution in [0.3, 0.4) is 0 Å². The number of halogens is 3. The summed E-state index contributed by atoms with van der Waals surface area (Å²) < 4.78 is 1.06. The minimum Gasteiger partial charge on any atom is -0.508 e. The van der Waals surface area contributed by atoms with Crippen molar-refractivity contribution in [3.63, 3.8) is 0 Å². The molecule has 0 aromatic heterocycles. The van der Waals surface area contributed by atoms with Crippen LogP contribution in [0, 0.1) is 5.92 Å². The van der Waals surface area contributed by atoms with Crippen LogP contribution in [0.1, 0.15) is 30.9 Å². The summed E-state index contributed by atoms with van der Waals surface area (Å²) in [6, 6.07) is 6.20. The van der Waals surface area contributed by atoms with Crippen LogP contribution in [-0.2, 0) is 0 Å². The van der Waals surface area contributed by atoms with Crippen molar-refractivity contribution in [2.45, 2.75) is 25.3 Å². The molecule has 2 fully saturated rings. The van der Waals surface area contributed by atoms with E-state index in [4.69, 9.17) is 0 Å². The summed E-state index contributed by atoms with van der Waals surface area (Å²) in [5, 5.41) is 13.6. The number of phenolic OH excluding ortho intramolecular Hbond substituents is 1. The molecule has 2 N–H and O–H groups in total. The zero-order chi connectivity index (χ0) is 13.2. The van der Waals surface area contributed by atoms with E-state index in [0.717, 1.165) is 36.2 Å². The van der Waals surface area contributed by atoms with Crippen LogP contribution in [0.25, 0.3) is 0 Å². The quantitative estimate of drug-likeness (QED) is 0.815. The Morgan fingerprint density at radius 2 is 1.86 bits per heavy atom. The van der Waals surface area contributed by atoms with E-state index in [1.54, 1.807) is 0 Å². The highest BCUT2D eigenvalue weighted by molar-refractivity contribution is 9.10. The fraction of sp³-hybridized carbons (Fsp3) is 0.600. The SMILES string of the molecule is Cl.Cl.Oc1ccc(Br)cc1[C@@H](C1CCC1)N1CCNCC1. The Morgan fingerprint density at radius 1 is 1.19 bits per heavy atom. The molecule has 3 rings (SSSR count). The summed E-state index contributed by atoms with van der Waals surface area (Å²) in [6.45, 7) is 4.26. The summed E-state index contributed by atoms with van der Waals surface area (Å²) >= 11 is 3.54. The fourth-order valence-electron chi connectivity index (χ4n) is 3.23. The highest BCUT2D eigenvalue weighted by Gasteiger charge is 2.34. The van der Waals surface area contributed by atoms with Crippen molar-refractivity contribution in [3.8, 4) is 5.75 Å². The Bertz CT molecular complexity index is 451.